The van der Waals surface area contributed by atoms with Gasteiger partial charge >= 0.3 is 0 Å². The maximum absolute atomic E-state index is 13.2. The number of nitrogens with one attached hydrogen (secondary N) is 1. The highest BCUT2D eigenvalue weighted by Gasteiger charge is 2.36. The monoisotopic (exact) mass is 458 g/mol. The summed E-state index contributed by atoms with van der Waals surface area (Å²) >= 11 is 1.59. The number of nitriles is 1. The lowest BCUT2D eigenvalue weighted by molar-refractivity contribution is -0.133. The van der Waals surface area contributed by atoms with Crippen molar-refractivity contribution in [3.8, 4) is 6.07 Å². The van der Waals surface area contributed by atoms with Gasteiger partial charge < -0.3 is 14.8 Å². The minimum absolute atomic E-state index is 0.112. The van der Waals surface area contributed by atoms with Crippen molar-refractivity contribution in [1.29, 1.82) is 5.26 Å². The van der Waals surface area contributed by atoms with E-state index in [1.165, 1.54) is 0 Å². The summed E-state index contributed by atoms with van der Waals surface area (Å²) in [6.45, 7) is 1.79. The molecule has 4 heterocycles. The van der Waals surface area contributed by atoms with Crippen molar-refractivity contribution in [1.82, 2.24) is 9.47 Å². The predicted molar refractivity (Wildman–Crippen MR) is 125 cm³/mol. The van der Waals surface area contributed by atoms with Crippen LogP contribution in [0.25, 0.3) is 0 Å². The van der Waals surface area contributed by atoms with Gasteiger partial charge in [0.1, 0.15) is 5.69 Å². The molecule has 5 rings (SSSR count). The fourth-order valence-electron chi connectivity index (χ4n) is 4.81. The van der Waals surface area contributed by atoms with Gasteiger partial charge in [0.15, 0.2) is 0 Å². The topological polar surface area (TPSA) is 95.2 Å². The quantitative estimate of drug-likeness (QED) is 0.649. The van der Waals surface area contributed by atoms with E-state index in [0.717, 1.165) is 17.0 Å². The smallest absolute Gasteiger partial charge is 0.274 e. The highest BCUT2D eigenvalue weighted by Crippen LogP contribution is 2.35. The molecule has 2 amide bonds. The zero-order chi connectivity index (χ0) is 22.9. The summed E-state index contributed by atoms with van der Waals surface area (Å²) < 4.78 is 1.76. The molecule has 1 aromatic carbocycles. The van der Waals surface area contributed by atoms with Crippen molar-refractivity contribution in [3.63, 3.8) is 0 Å². The minimum atomic E-state index is -0.390. The van der Waals surface area contributed by atoms with E-state index in [4.69, 9.17) is 5.26 Å². The van der Waals surface area contributed by atoms with Crippen LogP contribution in [0.15, 0.2) is 58.7 Å². The summed E-state index contributed by atoms with van der Waals surface area (Å²) in [5.74, 6) is 0.0687. The van der Waals surface area contributed by atoms with Crippen LogP contribution in [-0.4, -0.2) is 34.4 Å². The maximum atomic E-state index is 13.2. The number of pyridine rings is 1. The average Bonchev–Trinajstić information content (AvgIpc) is 3.34. The lowest BCUT2D eigenvalue weighted by Gasteiger charge is -2.43. The Balaban J connectivity index is 1.33. The zero-order valence-corrected chi connectivity index (χ0v) is 18.7. The molecule has 166 valence electrons. The molecule has 7 nitrogen and oxygen atoms in total. The molecule has 0 aliphatic carbocycles. The Bertz CT molecular complexity index is 1300. The van der Waals surface area contributed by atoms with Crippen molar-refractivity contribution in [3.05, 3.63) is 86.0 Å². The molecule has 2 bridgehead atoms. The van der Waals surface area contributed by atoms with Crippen LogP contribution in [0, 0.1) is 17.2 Å². The summed E-state index contributed by atoms with van der Waals surface area (Å²) in [7, 11) is 0. The van der Waals surface area contributed by atoms with Gasteiger partial charge in [-0.25, -0.2) is 0 Å². The van der Waals surface area contributed by atoms with E-state index in [0.29, 0.717) is 37.2 Å². The predicted octanol–water partition coefficient (Wildman–Crippen LogP) is 3.22. The van der Waals surface area contributed by atoms with Crippen LogP contribution in [-0.2, 0) is 17.8 Å². The molecule has 0 saturated carbocycles. The molecule has 0 unspecified atom stereocenters. The fraction of sp³-hybridized carbons (Fsp3) is 0.280. The standard InChI is InChI=1S/C25H22N4O3S/c26-12-16-3-5-18(6-4-16)24(31)27-21-7-8-22-19-10-17(14-29(22)25(21)32)13-28(15-19)23(30)11-20-2-1-9-33-20/h1-9,17,19H,10-11,13-15H2,(H,27,31)/t17-,19+/m0/s1. The Morgan fingerprint density at radius 2 is 1.91 bits per heavy atom. The Hall–Kier alpha value is -3.70. The van der Waals surface area contributed by atoms with Gasteiger partial charge in [-0.15, -0.1) is 11.3 Å². The summed E-state index contributed by atoms with van der Waals surface area (Å²) in [6, 6.07) is 15.8. The molecule has 0 spiro atoms. The molecular weight excluding hydrogens is 436 g/mol. The molecule has 8 heteroatoms. The number of carbonyl (C=O) groups excluding carboxylic acids is 2. The highest BCUT2D eigenvalue weighted by atomic mass is 32.1. The number of amides is 2. The van der Waals surface area contributed by atoms with Crippen molar-refractivity contribution >= 4 is 28.8 Å². The minimum Gasteiger partial charge on any atom is -0.341 e. The SMILES string of the molecule is N#Cc1ccc(C(=O)Nc2ccc3n(c2=O)C[C@H]2C[C@@H]3CN(C(=O)Cc3cccs3)C2)cc1. The number of carbonyl (C=O) groups is 2. The second-order valence-corrected chi connectivity index (χ2v) is 9.62. The van der Waals surface area contributed by atoms with Gasteiger partial charge in [-0.3, -0.25) is 14.4 Å². The number of benzene rings is 1. The number of fused-ring (bicyclic) bond motifs is 4. The second kappa shape index (κ2) is 8.68. The second-order valence-electron chi connectivity index (χ2n) is 8.58. The number of piperidine rings is 1. The number of likely N-dealkylation sites (tertiary alicyclic amines) is 1. The molecule has 1 N–H and O–H groups in total. The third kappa shape index (κ3) is 4.20. The summed E-state index contributed by atoms with van der Waals surface area (Å²) in [4.78, 5) is 41.6. The van der Waals surface area contributed by atoms with Gasteiger partial charge in [-0.05, 0) is 60.2 Å². The van der Waals surface area contributed by atoms with Gasteiger partial charge in [0.25, 0.3) is 11.5 Å². The van der Waals surface area contributed by atoms with Crippen LogP contribution in [0.4, 0.5) is 5.69 Å². The van der Waals surface area contributed by atoms with Gasteiger partial charge in [0.2, 0.25) is 5.91 Å². The molecule has 0 radical (unpaired) electrons. The first-order valence-electron chi connectivity index (χ1n) is 10.9. The molecule has 2 aliphatic heterocycles. The third-order valence-corrected chi connectivity index (χ3v) is 7.26. The first-order chi connectivity index (χ1) is 16.0. The van der Waals surface area contributed by atoms with Crippen LogP contribution in [0.3, 0.4) is 0 Å². The summed E-state index contributed by atoms with van der Waals surface area (Å²) in [6.07, 6.45) is 1.38. The first-order valence-corrected chi connectivity index (χ1v) is 11.7. The van der Waals surface area contributed by atoms with Crippen molar-refractivity contribution < 1.29 is 9.59 Å². The number of hydrogen-bond donors (Lipinski definition) is 1. The summed E-state index contributed by atoms with van der Waals surface area (Å²) in [5, 5.41) is 13.6. The Kier molecular flexibility index (Phi) is 5.56. The Morgan fingerprint density at radius 1 is 1.09 bits per heavy atom. The Labute approximate surface area is 194 Å². The molecule has 33 heavy (non-hydrogen) atoms. The number of thiophene rings is 1. The molecule has 3 aromatic rings. The van der Waals surface area contributed by atoms with Crippen LogP contribution >= 0.6 is 11.3 Å². The van der Waals surface area contributed by atoms with Crippen molar-refractivity contribution in [2.75, 3.05) is 18.4 Å². The van der Waals surface area contributed by atoms with E-state index in [1.54, 1.807) is 46.2 Å². The van der Waals surface area contributed by atoms with Crippen molar-refractivity contribution in [2.24, 2.45) is 5.92 Å². The molecular formula is C25H22N4O3S. The van der Waals surface area contributed by atoms with Crippen LogP contribution in [0.5, 0.6) is 0 Å². The van der Waals surface area contributed by atoms with Crippen LogP contribution < -0.4 is 10.9 Å². The average molecular weight is 459 g/mol. The van der Waals surface area contributed by atoms with Crippen LogP contribution in [0.2, 0.25) is 0 Å². The molecule has 1 saturated heterocycles. The van der Waals surface area contributed by atoms with Crippen LogP contribution in [0.1, 0.15) is 38.8 Å². The van der Waals surface area contributed by atoms with E-state index in [9.17, 15) is 14.4 Å². The number of aromatic nitrogens is 1. The Morgan fingerprint density at radius 3 is 2.64 bits per heavy atom. The van der Waals surface area contributed by atoms with Crippen molar-refractivity contribution in [2.45, 2.75) is 25.3 Å². The lowest BCUT2D eigenvalue weighted by Crippen LogP contribution is -2.49. The van der Waals surface area contributed by atoms with E-state index in [2.05, 4.69) is 5.32 Å². The normalized spacial score (nSPS) is 18.8. The van der Waals surface area contributed by atoms with E-state index >= 15 is 0 Å². The lowest BCUT2D eigenvalue weighted by atomic mass is 9.83. The number of nitrogens with zero attached hydrogens (tertiary/aromatic N) is 3. The highest BCUT2D eigenvalue weighted by molar-refractivity contribution is 7.10. The van der Waals surface area contributed by atoms with Gasteiger partial charge in [-0.2, -0.15) is 5.26 Å². The van der Waals surface area contributed by atoms with Gasteiger partial charge in [0, 0.05) is 41.7 Å². The number of rotatable bonds is 4. The molecule has 2 aliphatic rings. The first kappa shape index (κ1) is 21.2. The largest absolute Gasteiger partial charge is 0.341 e. The fourth-order valence-corrected chi connectivity index (χ4v) is 5.51. The maximum Gasteiger partial charge on any atom is 0.274 e. The number of hydrogen-bond acceptors (Lipinski definition) is 5. The molecule has 2 atom stereocenters. The molecule has 1 fully saturated rings. The van der Waals surface area contributed by atoms with E-state index < -0.39 is 5.91 Å². The van der Waals surface area contributed by atoms with E-state index in [1.807, 2.05) is 34.5 Å². The third-order valence-electron chi connectivity index (χ3n) is 6.39. The summed E-state index contributed by atoms with van der Waals surface area (Å²) in [5.41, 5.74) is 1.78. The number of anilines is 1. The van der Waals surface area contributed by atoms with E-state index in [-0.39, 0.29) is 29.0 Å². The van der Waals surface area contributed by atoms with Gasteiger partial charge in [-0.1, -0.05) is 6.07 Å². The zero-order valence-electron chi connectivity index (χ0n) is 17.9. The molecule has 2 aromatic heterocycles. The van der Waals surface area contributed by atoms with Gasteiger partial charge in [0.05, 0.1) is 18.1 Å².